The van der Waals surface area contributed by atoms with E-state index in [-0.39, 0.29) is 17.4 Å². The van der Waals surface area contributed by atoms with Gasteiger partial charge in [-0.3, -0.25) is 9.59 Å². The molecule has 0 saturated carbocycles. The third-order valence-electron chi connectivity index (χ3n) is 4.38. The van der Waals surface area contributed by atoms with Crippen molar-refractivity contribution in [2.45, 2.75) is 6.92 Å². The average molecular weight is 402 g/mol. The van der Waals surface area contributed by atoms with Gasteiger partial charge in [0.05, 0.1) is 16.8 Å². The number of aromatic nitrogens is 2. The highest BCUT2D eigenvalue weighted by Crippen LogP contribution is 2.24. The number of hydrogen-bond donors (Lipinski definition) is 2. The first-order valence-electron chi connectivity index (χ1n) is 8.99. The number of rotatable bonds is 5. The van der Waals surface area contributed by atoms with Gasteiger partial charge in [-0.1, -0.05) is 42.5 Å². The Bertz CT molecular complexity index is 1150. The van der Waals surface area contributed by atoms with Crippen molar-refractivity contribution in [3.8, 4) is 5.69 Å². The van der Waals surface area contributed by atoms with Crippen LogP contribution in [0, 0.1) is 6.92 Å². The number of anilines is 2. The highest BCUT2D eigenvalue weighted by molar-refractivity contribution is 7.12. The summed E-state index contributed by atoms with van der Waals surface area (Å²) in [4.78, 5) is 26.2. The average Bonchev–Trinajstić information content (AvgIpc) is 3.41. The smallest absolute Gasteiger partial charge is 0.266 e. The van der Waals surface area contributed by atoms with Crippen LogP contribution in [0.3, 0.4) is 0 Å². The Balaban J connectivity index is 1.71. The maximum atomic E-state index is 13.0. The van der Waals surface area contributed by atoms with Crippen LogP contribution in [0.5, 0.6) is 0 Å². The van der Waals surface area contributed by atoms with E-state index in [2.05, 4.69) is 15.7 Å². The van der Waals surface area contributed by atoms with Crippen LogP contribution >= 0.6 is 11.3 Å². The van der Waals surface area contributed by atoms with Gasteiger partial charge in [-0.05, 0) is 42.1 Å². The van der Waals surface area contributed by atoms with E-state index in [1.54, 1.807) is 16.8 Å². The minimum absolute atomic E-state index is 0.280. The van der Waals surface area contributed by atoms with Crippen LogP contribution in [0.2, 0.25) is 0 Å². The van der Waals surface area contributed by atoms with Crippen molar-refractivity contribution in [3.63, 3.8) is 0 Å². The molecule has 0 fully saturated rings. The lowest BCUT2D eigenvalue weighted by Crippen LogP contribution is -2.19. The molecule has 2 aromatic carbocycles. The molecule has 2 amide bonds. The highest BCUT2D eigenvalue weighted by atomic mass is 32.1. The van der Waals surface area contributed by atoms with E-state index in [4.69, 9.17) is 0 Å². The second-order valence-electron chi connectivity index (χ2n) is 6.35. The molecule has 4 rings (SSSR count). The molecule has 144 valence electrons. The van der Waals surface area contributed by atoms with Crippen molar-refractivity contribution in [3.05, 3.63) is 94.3 Å². The number of amides is 2. The van der Waals surface area contributed by atoms with E-state index in [0.717, 1.165) is 11.3 Å². The lowest BCUT2D eigenvalue weighted by Gasteiger charge is -2.12. The zero-order chi connectivity index (χ0) is 20.2. The number of aryl methyl sites for hydroxylation is 1. The first kappa shape index (κ1) is 18.6. The highest BCUT2D eigenvalue weighted by Gasteiger charge is 2.22. The molecule has 0 bridgehead atoms. The molecular weight excluding hydrogens is 384 g/mol. The zero-order valence-corrected chi connectivity index (χ0v) is 16.4. The van der Waals surface area contributed by atoms with Crippen LogP contribution in [-0.4, -0.2) is 21.6 Å². The summed E-state index contributed by atoms with van der Waals surface area (Å²) in [6.45, 7) is 1.92. The van der Waals surface area contributed by atoms with Crippen LogP contribution in [0.25, 0.3) is 5.69 Å². The van der Waals surface area contributed by atoms with Gasteiger partial charge in [0.1, 0.15) is 11.4 Å². The maximum Gasteiger partial charge on any atom is 0.266 e. The molecule has 0 saturated heterocycles. The minimum atomic E-state index is -0.344. The van der Waals surface area contributed by atoms with Crippen molar-refractivity contribution in [1.82, 2.24) is 9.78 Å². The Morgan fingerprint density at radius 1 is 0.897 bits per heavy atom. The van der Waals surface area contributed by atoms with Crippen LogP contribution in [0.4, 0.5) is 11.5 Å². The van der Waals surface area contributed by atoms with Gasteiger partial charge in [0, 0.05) is 5.69 Å². The summed E-state index contributed by atoms with van der Waals surface area (Å²) >= 11 is 1.33. The number of para-hydroxylation sites is 2. The van der Waals surface area contributed by atoms with Crippen molar-refractivity contribution in [2.24, 2.45) is 0 Å². The lowest BCUT2D eigenvalue weighted by atomic mass is 10.2. The van der Waals surface area contributed by atoms with E-state index in [9.17, 15) is 9.59 Å². The maximum absolute atomic E-state index is 13.0. The Hall–Kier alpha value is -3.71. The third-order valence-corrected chi connectivity index (χ3v) is 5.25. The lowest BCUT2D eigenvalue weighted by molar-refractivity contribution is 0.102. The number of nitrogens with one attached hydrogen (secondary N) is 2. The molecule has 0 atom stereocenters. The fourth-order valence-electron chi connectivity index (χ4n) is 2.88. The minimum Gasteiger partial charge on any atom is -0.322 e. The molecule has 0 aliphatic rings. The molecule has 29 heavy (non-hydrogen) atoms. The predicted molar refractivity (Wildman–Crippen MR) is 115 cm³/mol. The number of nitrogens with zero attached hydrogens (tertiary/aromatic N) is 2. The first-order chi connectivity index (χ1) is 14.1. The molecule has 4 aromatic rings. The fourth-order valence-corrected chi connectivity index (χ4v) is 3.50. The van der Waals surface area contributed by atoms with Gasteiger partial charge >= 0.3 is 0 Å². The second-order valence-corrected chi connectivity index (χ2v) is 7.30. The van der Waals surface area contributed by atoms with Gasteiger partial charge in [0.15, 0.2) is 0 Å². The fraction of sp³-hybridized carbons (Fsp3) is 0.0455. The SMILES string of the molecule is Cc1ccccc1NC(=O)c1cnn(-c2ccccc2)c1NC(=O)c1cccs1. The number of carbonyl (C=O) groups excluding carboxylic acids is 2. The van der Waals surface area contributed by atoms with Gasteiger partial charge in [0.2, 0.25) is 0 Å². The van der Waals surface area contributed by atoms with Gasteiger partial charge in [-0.25, -0.2) is 4.68 Å². The summed E-state index contributed by atoms with van der Waals surface area (Å²) < 4.78 is 1.55. The number of thiophene rings is 1. The molecular formula is C22H18N4O2S. The third kappa shape index (κ3) is 3.95. The van der Waals surface area contributed by atoms with E-state index in [1.807, 2.05) is 66.9 Å². The summed E-state index contributed by atoms with van der Waals surface area (Å²) in [5.74, 6) is -0.314. The van der Waals surface area contributed by atoms with Gasteiger partial charge in [0.25, 0.3) is 11.8 Å². The first-order valence-corrected chi connectivity index (χ1v) is 9.87. The normalized spacial score (nSPS) is 10.5. The Kier molecular flexibility index (Phi) is 5.22. The van der Waals surface area contributed by atoms with Crippen LogP contribution in [-0.2, 0) is 0 Å². The molecule has 2 aromatic heterocycles. The molecule has 0 aliphatic carbocycles. The monoisotopic (exact) mass is 402 g/mol. The Labute approximate surface area is 171 Å². The summed E-state index contributed by atoms with van der Waals surface area (Å²) in [5.41, 5.74) is 2.67. The van der Waals surface area contributed by atoms with Crippen LogP contribution in [0.1, 0.15) is 25.6 Å². The van der Waals surface area contributed by atoms with Crippen molar-refractivity contribution in [1.29, 1.82) is 0 Å². The Morgan fingerprint density at radius 2 is 1.66 bits per heavy atom. The number of hydrogen-bond acceptors (Lipinski definition) is 4. The quantitative estimate of drug-likeness (QED) is 0.506. The van der Waals surface area contributed by atoms with Crippen molar-refractivity contribution in [2.75, 3.05) is 10.6 Å². The van der Waals surface area contributed by atoms with Crippen LogP contribution in [0.15, 0.2) is 78.3 Å². The van der Waals surface area contributed by atoms with Crippen molar-refractivity contribution < 1.29 is 9.59 Å². The van der Waals surface area contributed by atoms with E-state index in [0.29, 0.717) is 16.4 Å². The van der Waals surface area contributed by atoms with E-state index >= 15 is 0 Å². The second kappa shape index (κ2) is 8.12. The van der Waals surface area contributed by atoms with Gasteiger partial charge < -0.3 is 10.6 Å². The van der Waals surface area contributed by atoms with Crippen LogP contribution < -0.4 is 10.6 Å². The summed E-state index contributed by atoms with van der Waals surface area (Å²) in [6.07, 6.45) is 1.46. The van der Waals surface area contributed by atoms with E-state index in [1.165, 1.54) is 17.5 Å². The standard InChI is InChI=1S/C22H18N4O2S/c1-15-8-5-6-11-18(15)24-21(27)17-14-23-26(16-9-3-2-4-10-16)20(17)25-22(28)19-12-7-13-29-19/h2-14H,1H3,(H,24,27)(H,25,28). The molecule has 2 heterocycles. The van der Waals surface area contributed by atoms with Gasteiger partial charge in [-0.2, -0.15) is 5.10 Å². The van der Waals surface area contributed by atoms with Crippen molar-refractivity contribution >= 4 is 34.7 Å². The molecule has 0 spiro atoms. The van der Waals surface area contributed by atoms with Gasteiger partial charge in [-0.15, -0.1) is 11.3 Å². The Morgan fingerprint density at radius 3 is 2.38 bits per heavy atom. The molecule has 0 unspecified atom stereocenters. The molecule has 7 heteroatoms. The summed E-state index contributed by atoms with van der Waals surface area (Å²) in [5, 5.41) is 11.9. The molecule has 0 radical (unpaired) electrons. The molecule has 2 N–H and O–H groups in total. The predicted octanol–water partition coefficient (Wildman–Crippen LogP) is 4.75. The summed E-state index contributed by atoms with van der Waals surface area (Å²) in [6, 6.07) is 20.4. The summed E-state index contributed by atoms with van der Waals surface area (Å²) in [7, 11) is 0. The topological polar surface area (TPSA) is 76.0 Å². The zero-order valence-electron chi connectivity index (χ0n) is 15.6. The molecule has 6 nitrogen and oxygen atoms in total. The largest absolute Gasteiger partial charge is 0.322 e. The number of benzene rings is 2. The number of carbonyl (C=O) groups is 2. The van der Waals surface area contributed by atoms with E-state index < -0.39 is 0 Å². The molecule has 0 aliphatic heterocycles.